The van der Waals surface area contributed by atoms with Gasteiger partial charge in [0, 0.05) is 18.2 Å². The van der Waals surface area contributed by atoms with E-state index < -0.39 is 19.9 Å². The molecule has 0 aliphatic rings. The van der Waals surface area contributed by atoms with Gasteiger partial charge in [0.1, 0.15) is 28.8 Å². The fourth-order valence-electron chi connectivity index (χ4n) is 2.92. The average molecular weight is 563 g/mol. The van der Waals surface area contributed by atoms with E-state index >= 15 is 0 Å². The molecule has 0 aromatic heterocycles. The van der Waals surface area contributed by atoms with E-state index in [-0.39, 0.29) is 94.1 Å². The molecule has 10 heteroatoms. The van der Waals surface area contributed by atoms with Crippen molar-refractivity contribution in [3.8, 4) is 17.2 Å². The van der Waals surface area contributed by atoms with Crippen molar-refractivity contribution >= 4 is 15.8 Å². The van der Waals surface area contributed by atoms with Crippen molar-refractivity contribution in [2.45, 2.75) is 25.3 Å². The maximum absolute atomic E-state index is 11.9. The minimum atomic E-state index is -4.59. The van der Waals surface area contributed by atoms with Crippen molar-refractivity contribution in [3.05, 3.63) is 87.5 Å². The van der Waals surface area contributed by atoms with Crippen LogP contribution in [0.5, 0.6) is 17.2 Å². The molecule has 1 N–H and O–H groups in total. The van der Waals surface area contributed by atoms with E-state index in [1.54, 1.807) is 13.8 Å². The smallest absolute Gasteiger partial charge is 1.00 e. The van der Waals surface area contributed by atoms with Crippen LogP contribution in [0.3, 0.4) is 0 Å². The molecule has 31 heavy (non-hydrogen) atoms. The standard InChI is InChI=1S/C21H19NO7S.Cs.H/c1-14-10-17(22(23)24)11-15(2)21(14)29-18-8-9-19(20(12-18)30(25,26)27)28-13-16-6-4-3-5-7-16;;/h3-12H,13H2,1-2H3,(H,25,26,27);;/q;+1;-1. The molecule has 0 aliphatic heterocycles. The average Bonchev–Trinajstić information content (AvgIpc) is 2.69. The Kier molecular flexibility index (Phi) is 9.16. The second-order valence-corrected chi connectivity index (χ2v) is 8.02. The molecule has 0 saturated carbocycles. The van der Waals surface area contributed by atoms with Crippen LogP contribution in [0.25, 0.3) is 0 Å². The molecule has 0 fully saturated rings. The first kappa shape index (κ1) is 25.9. The third kappa shape index (κ3) is 6.80. The molecule has 0 aliphatic carbocycles. The zero-order chi connectivity index (χ0) is 21.9. The van der Waals surface area contributed by atoms with Crippen LogP contribution in [-0.4, -0.2) is 17.9 Å². The summed E-state index contributed by atoms with van der Waals surface area (Å²) < 4.78 is 44.7. The fourth-order valence-corrected chi connectivity index (χ4v) is 3.57. The number of aryl methyl sites for hydroxylation is 2. The number of nitro groups is 1. The first-order chi connectivity index (χ1) is 14.1. The van der Waals surface area contributed by atoms with Crippen molar-refractivity contribution < 1.29 is 97.7 Å². The van der Waals surface area contributed by atoms with Gasteiger partial charge in [-0.05, 0) is 42.7 Å². The van der Waals surface area contributed by atoms with E-state index in [0.717, 1.165) is 11.6 Å². The molecule has 0 atom stereocenters. The van der Waals surface area contributed by atoms with Gasteiger partial charge in [0.25, 0.3) is 15.8 Å². The van der Waals surface area contributed by atoms with Crippen LogP contribution in [0.4, 0.5) is 5.69 Å². The summed E-state index contributed by atoms with van der Waals surface area (Å²) in [6.45, 7) is 3.41. The van der Waals surface area contributed by atoms with Crippen molar-refractivity contribution in [1.82, 2.24) is 0 Å². The quantitative estimate of drug-likeness (QED) is 0.266. The maximum atomic E-state index is 11.9. The van der Waals surface area contributed by atoms with Crippen LogP contribution in [0.2, 0.25) is 0 Å². The van der Waals surface area contributed by atoms with Crippen molar-refractivity contribution in [1.29, 1.82) is 0 Å². The van der Waals surface area contributed by atoms with Gasteiger partial charge in [-0.2, -0.15) is 8.42 Å². The van der Waals surface area contributed by atoms with Gasteiger partial charge < -0.3 is 10.9 Å². The van der Waals surface area contributed by atoms with E-state index in [1.807, 2.05) is 30.3 Å². The normalized spacial score (nSPS) is 10.8. The Balaban J connectivity index is 0.00000256. The summed E-state index contributed by atoms with van der Waals surface area (Å²) in [5.74, 6) is 0.473. The SMILES string of the molecule is Cc1cc([N+](=O)[O-])cc(C)c1Oc1ccc(OCc2ccccc2)c(S(=O)(=O)O)c1.[Cs+].[H-]. The summed E-state index contributed by atoms with van der Waals surface area (Å²) in [4.78, 5) is 10.1. The van der Waals surface area contributed by atoms with E-state index in [0.29, 0.717) is 16.9 Å². The van der Waals surface area contributed by atoms with Gasteiger partial charge in [-0.3, -0.25) is 14.7 Å². The first-order valence-electron chi connectivity index (χ1n) is 8.87. The van der Waals surface area contributed by atoms with Crippen LogP contribution in [0.1, 0.15) is 18.1 Å². The molecule has 8 nitrogen and oxygen atoms in total. The molecule has 0 saturated heterocycles. The molecule has 3 aromatic rings. The zero-order valence-electron chi connectivity index (χ0n) is 18.2. The molecule has 158 valence electrons. The third-order valence-corrected chi connectivity index (χ3v) is 5.18. The van der Waals surface area contributed by atoms with Gasteiger partial charge >= 0.3 is 68.9 Å². The third-order valence-electron chi connectivity index (χ3n) is 4.31. The molecule has 3 aromatic carbocycles. The van der Waals surface area contributed by atoms with Crippen molar-refractivity contribution in [3.63, 3.8) is 0 Å². The van der Waals surface area contributed by atoms with Gasteiger partial charge in [-0.1, -0.05) is 30.3 Å². The van der Waals surface area contributed by atoms with Gasteiger partial charge in [0.05, 0.1) is 4.92 Å². The zero-order valence-corrected chi connectivity index (χ0v) is 24.3. The fraction of sp³-hybridized carbons (Fsp3) is 0.143. The number of hydrogen-bond acceptors (Lipinski definition) is 6. The molecule has 0 bridgehead atoms. The second kappa shape index (κ2) is 11.0. The molecule has 0 radical (unpaired) electrons. The van der Waals surface area contributed by atoms with Gasteiger partial charge in [-0.15, -0.1) is 0 Å². The largest absolute Gasteiger partial charge is 1.00 e. The van der Waals surface area contributed by atoms with Gasteiger partial charge in [-0.25, -0.2) is 0 Å². The number of nitrogens with zero attached hydrogens (tertiary/aromatic N) is 1. The number of nitro benzene ring substituents is 1. The minimum Gasteiger partial charge on any atom is -1.00 e. The second-order valence-electron chi connectivity index (χ2n) is 6.63. The Hall–Kier alpha value is -1.38. The van der Waals surface area contributed by atoms with E-state index in [9.17, 15) is 23.1 Å². The van der Waals surface area contributed by atoms with Crippen LogP contribution in [0.15, 0.2) is 65.6 Å². The number of benzene rings is 3. The van der Waals surface area contributed by atoms with E-state index in [2.05, 4.69) is 0 Å². The molecule has 0 heterocycles. The predicted octanol–water partition coefficient (Wildman–Crippen LogP) is 1.95. The molecular weight excluding hydrogens is 543 g/mol. The summed E-state index contributed by atoms with van der Waals surface area (Å²) in [6.07, 6.45) is 0. The Morgan fingerprint density at radius 3 is 2.19 bits per heavy atom. The summed E-state index contributed by atoms with van der Waals surface area (Å²) in [5.41, 5.74) is 1.79. The number of ether oxygens (including phenoxy) is 2. The Morgan fingerprint density at radius 2 is 1.65 bits per heavy atom. The van der Waals surface area contributed by atoms with Crippen LogP contribution >= 0.6 is 0 Å². The Labute approximate surface area is 240 Å². The number of hydrogen-bond donors (Lipinski definition) is 1. The van der Waals surface area contributed by atoms with E-state index in [1.165, 1.54) is 24.3 Å². The monoisotopic (exact) mass is 563 g/mol. The maximum Gasteiger partial charge on any atom is 1.00 e. The van der Waals surface area contributed by atoms with Crippen LogP contribution in [-0.2, 0) is 16.7 Å². The predicted molar refractivity (Wildman–Crippen MR) is 111 cm³/mol. The Bertz CT molecular complexity index is 1180. The topological polar surface area (TPSA) is 116 Å². The molecular formula is C21H20CsNO7S. The minimum absolute atomic E-state index is 0. The summed E-state index contributed by atoms with van der Waals surface area (Å²) in [6, 6.07) is 15.9. The molecule has 3 rings (SSSR count). The summed E-state index contributed by atoms with van der Waals surface area (Å²) >= 11 is 0. The van der Waals surface area contributed by atoms with Crippen molar-refractivity contribution in [2.75, 3.05) is 0 Å². The van der Waals surface area contributed by atoms with Crippen LogP contribution in [0, 0.1) is 24.0 Å². The number of rotatable bonds is 7. The van der Waals surface area contributed by atoms with E-state index in [4.69, 9.17) is 9.47 Å². The molecule has 0 spiro atoms. The number of non-ortho nitro benzene ring substituents is 1. The first-order valence-corrected chi connectivity index (χ1v) is 10.3. The molecule has 0 unspecified atom stereocenters. The Morgan fingerprint density at radius 1 is 1.03 bits per heavy atom. The van der Waals surface area contributed by atoms with Gasteiger partial charge in [0.15, 0.2) is 0 Å². The van der Waals surface area contributed by atoms with Gasteiger partial charge in [0.2, 0.25) is 0 Å². The summed E-state index contributed by atoms with van der Waals surface area (Å²) in [5, 5.41) is 11.0. The van der Waals surface area contributed by atoms with Crippen LogP contribution < -0.4 is 78.4 Å². The van der Waals surface area contributed by atoms with Crippen molar-refractivity contribution in [2.24, 2.45) is 0 Å². The molecule has 0 amide bonds. The summed E-state index contributed by atoms with van der Waals surface area (Å²) in [7, 11) is -4.59.